The van der Waals surface area contributed by atoms with Gasteiger partial charge in [0.2, 0.25) is 0 Å². The molecule has 0 amide bonds. The summed E-state index contributed by atoms with van der Waals surface area (Å²) in [5.74, 6) is 2.21. The summed E-state index contributed by atoms with van der Waals surface area (Å²) in [6.07, 6.45) is -2.59. The number of ether oxygens (including phenoxy) is 1. The first-order valence-corrected chi connectivity index (χ1v) is 8.36. The molecule has 0 fully saturated rings. The lowest BCUT2D eigenvalue weighted by Crippen LogP contribution is -2.47. The zero-order valence-corrected chi connectivity index (χ0v) is 14.6. The molecule has 10 heteroatoms. The summed E-state index contributed by atoms with van der Waals surface area (Å²) >= 11 is 0. The molecular weight excluding hydrogens is 337 g/mol. The van der Waals surface area contributed by atoms with E-state index in [4.69, 9.17) is 4.74 Å². The zero-order valence-electron chi connectivity index (χ0n) is 14.6. The standard InChI is InChI=1S/C15H25F3N6O/c1-19-14(20-8-4-3-7-15(16,17)18)21-11-5-6-13-22-12(10-25-2)23-24(13)9-11/h11H,3-10H2,1-2H3,(H2,19,20,21). The fourth-order valence-electron chi connectivity index (χ4n) is 2.71. The second-order valence-corrected chi connectivity index (χ2v) is 6.01. The predicted molar refractivity (Wildman–Crippen MR) is 87.2 cm³/mol. The second-order valence-electron chi connectivity index (χ2n) is 6.01. The Hall–Kier alpha value is -1.84. The van der Waals surface area contributed by atoms with Gasteiger partial charge in [0.1, 0.15) is 12.4 Å². The topological polar surface area (TPSA) is 76.4 Å². The molecule has 25 heavy (non-hydrogen) atoms. The number of rotatable bonds is 7. The number of hydrogen-bond acceptors (Lipinski definition) is 4. The Morgan fingerprint density at radius 3 is 2.88 bits per heavy atom. The van der Waals surface area contributed by atoms with Crippen molar-refractivity contribution in [3.8, 4) is 0 Å². The number of aromatic nitrogens is 3. The number of fused-ring (bicyclic) bond motifs is 1. The Morgan fingerprint density at radius 1 is 1.40 bits per heavy atom. The number of unbranched alkanes of at least 4 members (excludes halogenated alkanes) is 1. The van der Waals surface area contributed by atoms with Gasteiger partial charge in [0, 0.05) is 39.6 Å². The zero-order chi connectivity index (χ0) is 18.3. The van der Waals surface area contributed by atoms with E-state index in [-0.39, 0.29) is 12.5 Å². The Labute approximate surface area is 145 Å². The minimum Gasteiger partial charge on any atom is -0.377 e. The lowest BCUT2D eigenvalue weighted by molar-refractivity contribution is -0.135. The largest absolute Gasteiger partial charge is 0.389 e. The van der Waals surface area contributed by atoms with Crippen molar-refractivity contribution in [2.24, 2.45) is 4.99 Å². The summed E-state index contributed by atoms with van der Waals surface area (Å²) in [7, 11) is 3.25. The number of alkyl halides is 3. The van der Waals surface area contributed by atoms with E-state index in [9.17, 15) is 13.2 Å². The van der Waals surface area contributed by atoms with Gasteiger partial charge < -0.3 is 15.4 Å². The van der Waals surface area contributed by atoms with Crippen molar-refractivity contribution in [2.75, 3.05) is 20.7 Å². The Morgan fingerprint density at radius 2 is 2.20 bits per heavy atom. The van der Waals surface area contributed by atoms with Crippen LogP contribution in [0.15, 0.2) is 4.99 Å². The average molecular weight is 362 g/mol. The number of hydrogen-bond donors (Lipinski definition) is 2. The van der Waals surface area contributed by atoms with Crippen LogP contribution in [0.5, 0.6) is 0 Å². The summed E-state index contributed by atoms with van der Waals surface area (Å²) in [6, 6.07) is 0.144. The van der Waals surface area contributed by atoms with Crippen molar-refractivity contribution in [1.82, 2.24) is 25.4 Å². The molecular formula is C15H25F3N6O. The van der Waals surface area contributed by atoms with Crippen LogP contribution in [0.2, 0.25) is 0 Å². The summed E-state index contributed by atoms with van der Waals surface area (Å²) in [4.78, 5) is 8.55. The van der Waals surface area contributed by atoms with Gasteiger partial charge in [0.25, 0.3) is 0 Å². The van der Waals surface area contributed by atoms with Gasteiger partial charge in [-0.05, 0) is 19.3 Å². The smallest absolute Gasteiger partial charge is 0.377 e. The van der Waals surface area contributed by atoms with Crippen molar-refractivity contribution in [3.63, 3.8) is 0 Å². The molecule has 0 saturated carbocycles. The molecule has 0 aromatic carbocycles. The van der Waals surface area contributed by atoms with Crippen LogP contribution in [0.1, 0.15) is 37.3 Å². The Kier molecular flexibility index (Phi) is 7.03. The highest BCUT2D eigenvalue weighted by Crippen LogP contribution is 2.21. The highest BCUT2D eigenvalue weighted by Gasteiger charge is 2.26. The van der Waals surface area contributed by atoms with Gasteiger partial charge in [-0.3, -0.25) is 4.99 Å². The maximum Gasteiger partial charge on any atom is 0.389 e. The van der Waals surface area contributed by atoms with Gasteiger partial charge >= 0.3 is 6.18 Å². The van der Waals surface area contributed by atoms with Crippen molar-refractivity contribution in [3.05, 3.63) is 11.6 Å². The fraction of sp³-hybridized carbons (Fsp3) is 0.800. The molecule has 0 bridgehead atoms. The van der Waals surface area contributed by atoms with Crippen molar-refractivity contribution >= 4 is 5.96 Å². The molecule has 1 aliphatic heterocycles. The van der Waals surface area contributed by atoms with Crippen LogP contribution in [-0.4, -0.2) is 53.6 Å². The molecule has 2 heterocycles. The van der Waals surface area contributed by atoms with E-state index >= 15 is 0 Å². The van der Waals surface area contributed by atoms with E-state index in [1.54, 1.807) is 14.2 Å². The maximum absolute atomic E-state index is 12.1. The first-order valence-electron chi connectivity index (χ1n) is 8.36. The molecule has 142 valence electrons. The molecule has 1 aromatic rings. The van der Waals surface area contributed by atoms with Crippen LogP contribution in [0, 0.1) is 0 Å². The molecule has 0 spiro atoms. The minimum atomic E-state index is -4.08. The lowest BCUT2D eigenvalue weighted by Gasteiger charge is -2.25. The number of aryl methyl sites for hydroxylation is 1. The van der Waals surface area contributed by atoms with Crippen LogP contribution in [0.3, 0.4) is 0 Å². The van der Waals surface area contributed by atoms with Gasteiger partial charge in [-0.25, -0.2) is 9.67 Å². The molecule has 0 radical (unpaired) electrons. The summed E-state index contributed by atoms with van der Waals surface area (Å²) in [5, 5.41) is 10.8. The van der Waals surface area contributed by atoms with E-state index in [0.717, 1.165) is 18.7 Å². The molecule has 0 aliphatic carbocycles. The first kappa shape index (κ1) is 19.5. The van der Waals surface area contributed by atoms with E-state index in [1.807, 2.05) is 4.68 Å². The van der Waals surface area contributed by atoms with Gasteiger partial charge in [0.05, 0.1) is 6.54 Å². The second kappa shape index (κ2) is 9.02. The summed E-state index contributed by atoms with van der Waals surface area (Å²) in [6.45, 7) is 1.51. The van der Waals surface area contributed by atoms with E-state index in [1.165, 1.54) is 0 Å². The maximum atomic E-state index is 12.1. The van der Waals surface area contributed by atoms with Crippen molar-refractivity contribution in [2.45, 2.75) is 57.5 Å². The third kappa shape index (κ3) is 6.52. The Balaban J connectivity index is 1.74. The van der Waals surface area contributed by atoms with Gasteiger partial charge in [0.15, 0.2) is 11.8 Å². The minimum absolute atomic E-state index is 0.113. The number of aliphatic imine (C=N–C) groups is 1. The van der Waals surface area contributed by atoms with Crippen LogP contribution in [0.4, 0.5) is 13.2 Å². The summed E-state index contributed by atoms with van der Waals surface area (Å²) in [5.41, 5.74) is 0. The quantitative estimate of drug-likeness (QED) is 0.438. The fourth-order valence-corrected chi connectivity index (χ4v) is 2.71. The molecule has 1 aromatic heterocycles. The van der Waals surface area contributed by atoms with Crippen LogP contribution in [-0.2, 0) is 24.3 Å². The molecule has 1 atom stereocenters. The number of nitrogens with zero attached hydrogens (tertiary/aromatic N) is 4. The Bertz CT molecular complexity index is 572. The van der Waals surface area contributed by atoms with Gasteiger partial charge in [-0.2, -0.15) is 18.3 Å². The van der Waals surface area contributed by atoms with E-state index in [2.05, 4.69) is 25.7 Å². The number of methoxy groups -OCH3 is 1. The van der Waals surface area contributed by atoms with Crippen molar-refractivity contribution in [1.29, 1.82) is 0 Å². The monoisotopic (exact) mass is 362 g/mol. The highest BCUT2D eigenvalue weighted by molar-refractivity contribution is 5.79. The number of nitrogens with one attached hydrogen (secondary N) is 2. The SMILES string of the molecule is CN=C(NCCCCC(F)(F)F)NC1CCc2nc(COC)nn2C1. The average Bonchev–Trinajstić information content (AvgIpc) is 2.94. The van der Waals surface area contributed by atoms with Gasteiger partial charge in [-0.15, -0.1) is 0 Å². The van der Waals surface area contributed by atoms with Crippen LogP contribution < -0.4 is 10.6 Å². The predicted octanol–water partition coefficient (Wildman–Crippen LogP) is 1.64. The number of guanidine groups is 1. The molecule has 2 rings (SSSR count). The molecule has 1 aliphatic rings. The summed E-state index contributed by atoms with van der Waals surface area (Å²) < 4.78 is 43.2. The number of halogens is 3. The van der Waals surface area contributed by atoms with Crippen LogP contribution >= 0.6 is 0 Å². The normalized spacial score (nSPS) is 18.1. The molecule has 1 unspecified atom stereocenters. The van der Waals surface area contributed by atoms with Crippen LogP contribution in [0.25, 0.3) is 0 Å². The van der Waals surface area contributed by atoms with E-state index in [0.29, 0.717) is 37.9 Å². The van der Waals surface area contributed by atoms with E-state index < -0.39 is 12.6 Å². The lowest BCUT2D eigenvalue weighted by atomic mass is 10.1. The van der Waals surface area contributed by atoms with Crippen molar-refractivity contribution < 1.29 is 17.9 Å². The third-order valence-corrected chi connectivity index (χ3v) is 3.92. The molecule has 2 N–H and O–H groups in total. The third-order valence-electron chi connectivity index (χ3n) is 3.92. The first-order chi connectivity index (χ1) is 11.9. The highest BCUT2D eigenvalue weighted by atomic mass is 19.4. The van der Waals surface area contributed by atoms with Gasteiger partial charge in [-0.1, -0.05) is 0 Å². The molecule has 0 saturated heterocycles. The molecule has 7 nitrogen and oxygen atoms in total.